The minimum absolute atomic E-state index is 0.0941. The average molecular weight is 321 g/mol. The van der Waals surface area contributed by atoms with Gasteiger partial charge < -0.3 is 14.8 Å². The zero-order valence-electron chi connectivity index (χ0n) is 15.1. The molecule has 1 N–H and O–H groups in total. The highest BCUT2D eigenvalue weighted by atomic mass is 16.5. The first-order chi connectivity index (χ1) is 10.9. The van der Waals surface area contributed by atoms with Crippen LogP contribution in [0, 0.1) is 0 Å². The maximum absolute atomic E-state index is 12.6. The van der Waals surface area contributed by atoms with Gasteiger partial charge in [0.2, 0.25) is 0 Å². The van der Waals surface area contributed by atoms with E-state index in [4.69, 9.17) is 9.47 Å². The molecule has 0 radical (unpaired) electrons. The lowest BCUT2D eigenvalue weighted by molar-refractivity contribution is -0.140. The molecule has 0 aliphatic heterocycles. The van der Waals surface area contributed by atoms with Crippen molar-refractivity contribution in [2.24, 2.45) is 0 Å². The molecule has 0 spiro atoms. The van der Waals surface area contributed by atoms with E-state index in [1.54, 1.807) is 0 Å². The summed E-state index contributed by atoms with van der Waals surface area (Å²) in [7, 11) is 0. The number of rotatable bonds is 10. The van der Waals surface area contributed by atoms with Crippen LogP contribution in [-0.2, 0) is 9.53 Å². The van der Waals surface area contributed by atoms with Crippen molar-refractivity contribution < 1.29 is 14.3 Å². The summed E-state index contributed by atoms with van der Waals surface area (Å²) >= 11 is 0. The lowest BCUT2D eigenvalue weighted by atomic mass is 9.99. The van der Waals surface area contributed by atoms with Gasteiger partial charge >= 0.3 is 0 Å². The second-order valence-electron chi connectivity index (χ2n) is 6.14. The van der Waals surface area contributed by atoms with Crippen molar-refractivity contribution in [2.45, 2.75) is 72.0 Å². The molecular weight excluding hydrogens is 290 g/mol. The van der Waals surface area contributed by atoms with Crippen molar-refractivity contribution >= 4 is 11.6 Å². The highest BCUT2D eigenvalue weighted by molar-refractivity contribution is 5.97. The first kappa shape index (κ1) is 19.5. The van der Waals surface area contributed by atoms with Crippen LogP contribution in [0.25, 0.3) is 0 Å². The van der Waals surface area contributed by atoms with Crippen molar-refractivity contribution in [3.63, 3.8) is 0 Å². The van der Waals surface area contributed by atoms with E-state index < -0.39 is 5.60 Å². The molecule has 0 aliphatic rings. The van der Waals surface area contributed by atoms with Crippen LogP contribution in [0.2, 0.25) is 0 Å². The second-order valence-corrected chi connectivity index (χ2v) is 6.14. The summed E-state index contributed by atoms with van der Waals surface area (Å²) in [5.41, 5.74) is -0.0228. The first-order valence-electron chi connectivity index (χ1n) is 8.67. The molecule has 4 heteroatoms. The summed E-state index contributed by atoms with van der Waals surface area (Å²) in [5.74, 6) is 0.722. The molecule has 4 nitrogen and oxygen atoms in total. The highest BCUT2D eigenvalue weighted by Crippen LogP contribution is 2.23. The minimum Gasteiger partial charge on any atom is -0.491 e. The second kappa shape index (κ2) is 9.56. The van der Waals surface area contributed by atoms with Crippen molar-refractivity contribution in [3.8, 4) is 5.75 Å². The fourth-order valence-electron chi connectivity index (χ4n) is 2.25. The van der Waals surface area contributed by atoms with E-state index in [9.17, 15) is 4.79 Å². The number of carbonyl (C=O) groups excluding carboxylic acids is 1. The summed E-state index contributed by atoms with van der Waals surface area (Å²) in [4.78, 5) is 12.6. The Balaban J connectivity index is 2.70. The van der Waals surface area contributed by atoms with Gasteiger partial charge in [0.15, 0.2) is 0 Å². The number of nitrogens with one attached hydrogen (secondary N) is 1. The Bertz CT molecular complexity index is 472. The molecule has 0 aromatic heterocycles. The summed E-state index contributed by atoms with van der Waals surface area (Å²) in [6.07, 6.45) is 3.64. The molecular formula is C19H31NO3. The third-order valence-electron chi connectivity index (χ3n) is 3.86. The number of carbonyl (C=O) groups is 1. The number of benzene rings is 1. The van der Waals surface area contributed by atoms with Gasteiger partial charge in [0, 0.05) is 12.3 Å². The van der Waals surface area contributed by atoms with Gasteiger partial charge in [-0.25, -0.2) is 0 Å². The number of amides is 1. The molecule has 1 rings (SSSR count). The SMILES string of the molecule is CCCOC(C)(CCC)C(=O)Nc1ccc(OC(C)CC)cc1. The molecule has 2 unspecified atom stereocenters. The summed E-state index contributed by atoms with van der Waals surface area (Å²) in [6.45, 7) is 10.7. The normalized spacial score (nSPS) is 14.8. The van der Waals surface area contributed by atoms with Crippen molar-refractivity contribution in [1.29, 1.82) is 0 Å². The van der Waals surface area contributed by atoms with Crippen LogP contribution in [0.4, 0.5) is 5.69 Å². The molecule has 0 bridgehead atoms. The molecule has 23 heavy (non-hydrogen) atoms. The van der Waals surface area contributed by atoms with Crippen LogP contribution in [0.5, 0.6) is 5.75 Å². The average Bonchev–Trinajstić information content (AvgIpc) is 2.54. The molecule has 0 heterocycles. The summed E-state index contributed by atoms with van der Waals surface area (Å²) in [6, 6.07) is 7.49. The Hall–Kier alpha value is -1.55. The lowest BCUT2D eigenvalue weighted by Gasteiger charge is -2.28. The van der Waals surface area contributed by atoms with E-state index in [0.717, 1.165) is 30.7 Å². The molecule has 0 saturated heterocycles. The third-order valence-corrected chi connectivity index (χ3v) is 3.86. The van der Waals surface area contributed by atoms with Gasteiger partial charge in [-0.2, -0.15) is 0 Å². The van der Waals surface area contributed by atoms with Gasteiger partial charge in [0.1, 0.15) is 11.4 Å². The first-order valence-corrected chi connectivity index (χ1v) is 8.67. The van der Waals surface area contributed by atoms with Gasteiger partial charge in [-0.15, -0.1) is 0 Å². The van der Waals surface area contributed by atoms with Gasteiger partial charge in [0.25, 0.3) is 5.91 Å². The fraction of sp³-hybridized carbons (Fsp3) is 0.632. The zero-order chi connectivity index (χ0) is 17.3. The zero-order valence-corrected chi connectivity index (χ0v) is 15.1. The van der Waals surface area contributed by atoms with E-state index in [1.807, 2.05) is 45.0 Å². The number of anilines is 1. The van der Waals surface area contributed by atoms with Crippen molar-refractivity contribution in [1.82, 2.24) is 0 Å². The Labute approximate surface area is 140 Å². The maximum Gasteiger partial charge on any atom is 0.256 e. The summed E-state index contributed by atoms with van der Waals surface area (Å²) < 4.78 is 11.6. The summed E-state index contributed by atoms with van der Waals surface area (Å²) in [5, 5.41) is 2.95. The van der Waals surface area contributed by atoms with Crippen LogP contribution in [0.15, 0.2) is 24.3 Å². The number of hydrogen-bond acceptors (Lipinski definition) is 3. The van der Waals surface area contributed by atoms with Gasteiger partial charge in [-0.05, 0) is 57.4 Å². The van der Waals surface area contributed by atoms with E-state index in [0.29, 0.717) is 13.0 Å². The lowest BCUT2D eigenvalue weighted by Crippen LogP contribution is -2.43. The number of ether oxygens (including phenoxy) is 2. The Morgan fingerprint density at radius 3 is 2.35 bits per heavy atom. The van der Waals surface area contributed by atoms with Crippen LogP contribution >= 0.6 is 0 Å². The fourth-order valence-corrected chi connectivity index (χ4v) is 2.25. The molecule has 1 aromatic rings. The predicted octanol–water partition coefficient (Wildman–Crippen LogP) is 4.79. The quantitative estimate of drug-likeness (QED) is 0.674. The van der Waals surface area contributed by atoms with Gasteiger partial charge in [-0.3, -0.25) is 4.79 Å². The van der Waals surface area contributed by atoms with E-state index >= 15 is 0 Å². The van der Waals surface area contributed by atoms with Crippen molar-refractivity contribution in [3.05, 3.63) is 24.3 Å². The molecule has 2 atom stereocenters. The Morgan fingerprint density at radius 1 is 1.17 bits per heavy atom. The number of hydrogen-bond donors (Lipinski definition) is 1. The molecule has 1 amide bonds. The molecule has 0 fully saturated rings. The van der Waals surface area contributed by atoms with Crippen molar-refractivity contribution in [2.75, 3.05) is 11.9 Å². The van der Waals surface area contributed by atoms with E-state index in [2.05, 4.69) is 19.2 Å². The van der Waals surface area contributed by atoms with Crippen LogP contribution < -0.4 is 10.1 Å². The molecule has 1 aromatic carbocycles. The topological polar surface area (TPSA) is 47.6 Å². The van der Waals surface area contributed by atoms with Gasteiger partial charge in [-0.1, -0.05) is 27.2 Å². The minimum atomic E-state index is -0.781. The monoisotopic (exact) mass is 321 g/mol. The maximum atomic E-state index is 12.6. The van der Waals surface area contributed by atoms with Crippen LogP contribution in [0.1, 0.15) is 60.3 Å². The van der Waals surface area contributed by atoms with Gasteiger partial charge in [0.05, 0.1) is 6.10 Å². The highest BCUT2D eigenvalue weighted by Gasteiger charge is 2.33. The van der Waals surface area contributed by atoms with Crippen LogP contribution in [0.3, 0.4) is 0 Å². The molecule has 130 valence electrons. The molecule has 0 saturated carbocycles. The Morgan fingerprint density at radius 2 is 1.83 bits per heavy atom. The predicted molar refractivity (Wildman–Crippen MR) is 95.0 cm³/mol. The largest absolute Gasteiger partial charge is 0.491 e. The van der Waals surface area contributed by atoms with Crippen LogP contribution in [-0.4, -0.2) is 24.2 Å². The standard InChI is InChI=1S/C19H31NO3/c1-6-13-19(5,22-14-7-2)18(21)20-16-9-11-17(12-10-16)23-15(4)8-3/h9-12,15H,6-8,13-14H2,1-5H3,(H,20,21). The smallest absolute Gasteiger partial charge is 0.256 e. The third kappa shape index (κ3) is 6.22. The molecule has 0 aliphatic carbocycles. The Kier molecular flexibility index (Phi) is 8.10. The van der Waals surface area contributed by atoms with E-state index in [1.165, 1.54) is 0 Å². The van der Waals surface area contributed by atoms with E-state index in [-0.39, 0.29) is 12.0 Å².